The van der Waals surface area contributed by atoms with Crippen molar-refractivity contribution in [1.82, 2.24) is 5.16 Å². The number of nitrogens with zero attached hydrogens (tertiary/aromatic N) is 2. The molecule has 0 aliphatic rings. The molecule has 0 N–H and O–H groups in total. The van der Waals surface area contributed by atoms with Gasteiger partial charge in [0.05, 0.1) is 12.0 Å². The van der Waals surface area contributed by atoms with Crippen LogP contribution in [0.15, 0.2) is 28.8 Å². The Hall–Kier alpha value is -2.08. The summed E-state index contributed by atoms with van der Waals surface area (Å²) in [5.74, 6) is 0.111. The Morgan fingerprint density at radius 3 is 2.53 bits per heavy atom. The summed E-state index contributed by atoms with van der Waals surface area (Å²) in [7, 11) is 1.41. The molecule has 0 spiro atoms. The van der Waals surface area contributed by atoms with Crippen LogP contribution in [0.1, 0.15) is 0 Å². The Kier molecular flexibility index (Phi) is 2.97. The number of halogens is 1. The molecule has 0 saturated carbocycles. The molecule has 0 amide bonds. The zero-order chi connectivity index (χ0) is 12.4. The zero-order valence-electron chi connectivity index (χ0n) is 8.71. The van der Waals surface area contributed by atoms with Gasteiger partial charge in [-0.3, -0.25) is 10.1 Å². The molecule has 1 aromatic heterocycles. The highest BCUT2D eigenvalue weighted by atomic mass is 35.5. The van der Waals surface area contributed by atoms with Crippen molar-refractivity contribution in [3.05, 3.63) is 39.4 Å². The molecule has 2 rings (SSSR count). The summed E-state index contributed by atoms with van der Waals surface area (Å²) in [4.78, 5) is 10.0. The second-order valence-corrected chi connectivity index (χ2v) is 3.52. The molecule has 0 aliphatic carbocycles. The van der Waals surface area contributed by atoms with E-state index in [1.807, 2.05) is 0 Å². The number of hydrogen-bond donors (Lipinski definition) is 0. The monoisotopic (exact) mass is 254 g/mol. The van der Waals surface area contributed by atoms with Crippen LogP contribution in [0.4, 0.5) is 5.69 Å². The van der Waals surface area contributed by atoms with Crippen molar-refractivity contribution in [3.63, 3.8) is 0 Å². The maximum Gasteiger partial charge on any atom is 0.330 e. The molecule has 0 unspecified atom stereocenters. The van der Waals surface area contributed by atoms with E-state index in [0.717, 1.165) is 0 Å². The summed E-state index contributed by atoms with van der Waals surface area (Å²) >= 11 is 5.95. The highest BCUT2D eigenvalue weighted by molar-refractivity contribution is 6.34. The molecular weight excluding hydrogens is 248 g/mol. The lowest BCUT2D eigenvalue weighted by molar-refractivity contribution is -0.384. The predicted molar refractivity (Wildman–Crippen MR) is 60.2 cm³/mol. The highest BCUT2D eigenvalue weighted by Gasteiger charge is 2.16. The van der Waals surface area contributed by atoms with Crippen molar-refractivity contribution >= 4 is 17.3 Å². The molecular formula is C10H7ClN2O4. The van der Waals surface area contributed by atoms with E-state index in [9.17, 15) is 10.1 Å². The maximum atomic E-state index is 10.5. The van der Waals surface area contributed by atoms with Gasteiger partial charge < -0.3 is 9.26 Å². The lowest BCUT2D eigenvalue weighted by atomic mass is 10.1. The first-order chi connectivity index (χ1) is 8.13. The van der Waals surface area contributed by atoms with Crippen molar-refractivity contribution in [2.75, 3.05) is 7.11 Å². The average molecular weight is 255 g/mol. The molecule has 1 heterocycles. The summed E-state index contributed by atoms with van der Waals surface area (Å²) in [6.07, 6.45) is 0. The third-order valence-electron chi connectivity index (χ3n) is 2.14. The average Bonchev–Trinajstić information content (AvgIpc) is 2.70. The number of non-ortho nitro benzene ring substituents is 1. The van der Waals surface area contributed by atoms with Gasteiger partial charge in [-0.1, -0.05) is 16.8 Å². The van der Waals surface area contributed by atoms with Crippen LogP contribution in [0.2, 0.25) is 5.02 Å². The zero-order valence-corrected chi connectivity index (χ0v) is 9.47. The van der Waals surface area contributed by atoms with E-state index in [1.54, 1.807) is 12.1 Å². The maximum absolute atomic E-state index is 10.5. The van der Waals surface area contributed by atoms with Gasteiger partial charge in [0.25, 0.3) is 5.69 Å². The number of aromatic nitrogens is 1. The molecule has 7 heteroatoms. The topological polar surface area (TPSA) is 78.4 Å². The van der Waals surface area contributed by atoms with E-state index in [2.05, 4.69) is 5.16 Å². The van der Waals surface area contributed by atoms with Gasteiger partial charge in [-0.15, -0.1) is 0 Å². The molecule has 6 nitrogen and oxygen atoms in total. The highest BCUT2D eigenvalue weighted by Crippen LogP contribution is 2.35. The second-order valence-electron chi connectivity index (χ2n) is 3.14. The van der Waals surface area contributed by atoms with E-state index in [1.165, 1.54) is 19.2 Å². The van der Waals surface area contributed by atoms with Gasteiger partial charge in [0.1, 0.15) is 5.69 Å². The Labute approximate surface area is 101 Å². The van der Waals surface area contributed by atoms with Crippen LogP contribution in [0.5, 0.6) is 5.95 Å². The minimum absolute atomic E-state index is 0.000308. The Morgan fingerprint density at radius 2 is 2.06 bits per heavy atom. The standard InChI is InChI=1S/C10H7ClN2O4/c1-16-10-8(11)9(12-17-10)6-2-4-7(5-3-6)13(14)15/h2-5H,1H3. The second kappa shape index (κ2) is 4.42. The van der Waals surface area contributed by atoms with Crippen LogP contribution < -0.4 is 4.74 Å². The van der Waals surface area contributed by atoms with E-state index in [4.69, 9.17) is 20.9 Å². The number of nitro groups is 1. The number of rotatable bonds is 3. The largest absolute Gasteiger partial charge is 0.466 e. The van der Waals surface area contributed by atoms with E-state index >= 15 is 0 Å². The smallest absolute Gasteiger partial charge is 0.330 e. The molecule has 17 heavy (non-hydrogen) atoms. The molecule has 0 aliphatic heterocycles. The Bertz CT molecular complexity index is 550. The van der Waals surface area contributed by atoms with Gasteiger partial charge in [0.2, 0.25) is 0 Å². The lowest BCUT2D eigenvalue weighted by Crippen LogP contribution is -1.87. The minimum atomic E-state index is -0.477. The van der Waals surface area contributed by atoms with Crippen molar-refractivity contribution in [2.45, 2.75) is 0 Å². The number of nitro benzene ring substituents is 1. The van der Waals surface area contributed by atoms with Gasteiger partial charge >= 0.3 is 5.95 Å². The summed E-state index contributed by atoms with van der Waals surface area (Å²) < 4.78 is 9.68. The molecule has 1 aromatic carbocycles. The molecule has 0 bridgehead atoms. The fourth-order valence-electron chi connectivity index (χ4n) is 1.31. The number of methoxy groups -OCH3 is 1. The van der Waals surface area contributed by atoms with Crippen molar-refractivity contribution in [2.24, 2.45) is 0 Å². The summed E-state index contributed by atoms with van der Waals surface area (Å²) in [6.45, 7) is 0. The van der Waals surface area contributed by atoms with Crippen LogP contribution in [-0.2, 0) is 0 Å². The minimum Gasteiger partial charge on any atom is -0.466 e. The van der Waals surface area contributed by atoms with Crippen LogP contribution in [0.25, 0.3) is 11.3 Å². The lowest BCUT2D eigenvalue weighted by Gasteiger charge is -1.96. The van der Waals surface area contributed by atoms with Crippen LogP contribution in [-0.4, -0.2) is 17.2 Å². The Balaban J connectivity index is 2.39. The first-order valence-corrected chi connectivity index (χ1v) is 4.95. The SMILES string of the molecule is COc1onc(-c2ccc([N+](=O)[O-])cc2)c1Cl. The fourth-order valence-corrected chi connectivity index (χ4v) is 1.57. The summed E-state index contributed by atoms with van der Waals surface area (Å²) in [6, 6.07) is 5.82. The van der Waals surface area contributed by atoms with Crippen LogP contribution in [0.3, 0.4) is 0 Å². The molecule has 88 valence electrons. The van der Waals surface area contributed by atoms with E-state index < -0.39 is 4.92 Å². The number of ether oxygens (including phenoxy) is 1. The van der Waals surface area contributed by atoms with Crippen LogP contribution in [0, 0.1) is 10.1 Å². The first-order valence-electron chi connectivity index (χ1n) is 4.57. The van der Waals surface area contributed by atoms with E-state index in [-0.39, 0.29) is 16.7 Å². The van der Waals surface area contributed by atoms with Crippen LogP contribution >= 0.6 is 11.6 Å². The Morgan fingerprint density at radius 1 is 1.41 bits per heavy atom. The molecule has 0 atom stereocenters. The van der Waals surface area contributed by atoms with Crippen molar-refractivity contribution in [3.8, 4) is 17.2 Å². The first kappa shape index (κ1) is 11.4. The van der Waals surface area contributed by atoms with Gasteiger partial charge in [-0.2, -0.15) is 0 Å². The van der Waals surface area contributed by atoms with Gasteiger partial charge in [-0.05, 0) is 12.1 Å². The normalized spacial score (nSPS) is 10.2. The summed E-state index contributed by atoms with van der Waals surface area (Å²) in [5.41, 5.74) is 1.01. The van der Waals surface area contributed by atoms with Crippen molar-refractivity contribution in [1.29, 1.82) is 0 Å². The number of hydrogen-bond acceptors (Lipinski definition) is 5. The molecule has 0 fully saturated rings. The van der Waals surface area contributed by atoms with Crippen molar-refractivity contribution < 1.29 is 14.2 Å². The fraction of sp³-hybridized carbons (Fsp3) is 0.100. The molecule has 0 saturated heterocycles. The quantitative estimate of drug-likeness (QED) is 0.621. The van der Waals surface area contributed by atoms with Gasteiger partial charge in [0, 0.05) is 17.7 Å². The van der Waals surface area contributed by atoms with E-state index in [0.29, 0.717) is 11.3 Å². The summed E-state index contributed by atoms with van der Waals surface area (Å²) in [5, 5.41) is 14.5. The van der Waals surface area contributed by atoms with Gasteiger partial charge in [-0.25, -0.2) is 0 Å². The van der Waals surface area contributed by atoms with Gasteiger partial charge in [0.15, 0.2) is 5.02 Å². The number of benzene rings is 1. The predicted octanol–water partition coefficient (Wildman–Crippen LogP) is 2.91. The third kappa shape index (κ3) is 2.07. The third-order valence-corrected chi connectivity index (χ3v) is 2.48. The molecule has 0 radical (unpaired) electrons. The molecule has 2 aromatic rings.